The molecule has 0 bridgehead atoms. The maximum Gasteiger partial charge on any atom is 0.416 e. The Kier molecular flexibility index (Phi) is 4.29. The molecule has 2 rings (SSSR count). The zero-order valence-electron chi connectivity index (χ0n) is 10.6. The highest BCUT2D eigenvalue weighted by Gasteiger charge is 2.30. The highest BCUT2D eigenvalue weighted by atomic mass is 32.1. The van der Waals surface area contributed by atoms with Gasteiger partial charge in [0.15, 0.2) is 0 Å². The normalized spacial score (nSPS) is 13.4. The first-order valence-corrected chi connectivity index (χ1v) is 6.81. The lowest BCUT2D eigenvalue weighted by Gasteiger charge is -2.14. The first kappa shape index (κ1) is 14.8. The number of alkyl halides is 3. The van der Waals surface area contributed by atoms with Crippen molar-refractivity contribution in [3.63, 3.8) is 0 Å². The Balaban J connectivity index is 1.98. The van der Waals surface area contributed by atoms with Crippen LogP contribution in [0.25, 0.3) is 0 Å². The van der Waals surface area contributed by atoms with E-state index in [-0.39, 0.29) is 10.9 Å². The van der Waals surface area contributed by atoms with Gasteiger partial charge in [-0.3, -0.25) is 4.79 Å². The van der Waals surface area contributed by atoms with Crippen molar-refractivity contribution < 1.29 is 13.2 Å². The fourth-order valence-electron chi connectivity index (χ4n) is 1.74. The van der Waals surface area contributed by atoms with Crippen LogP contribution < -0.4 is 10.2 Å². The van der Waals surface area contributed by atoms with E-state index >= 15 is 0 Å². The van der Waals surface area contributed by atoms with Crippen LogP contribution in [0.2, 0.25) is 0 Å². The van der Waals surface area contributed by atoms with Crippen LogP contribution >= 0.6 is 11.3 Å². The van der Waals surface area contributed by atoms with Gasteiger partial charge in [-0.15, -0.1) is 0 Å². The standard InChI is InChI=1S/C13H13F3N2OS/c1-8(17-6-11-7-20-12(19)18-11)9-2-4-10(5-3-9)13(14,15)16/h2-5,7-8,17H,6H2,1H3,(H,18,19). The minimum absolute atomic E-state index is 0.110. The highest BCUT2D eigenvalue weighted by molar-refractivity contribution is 7.07. The number of aromatic nitrogens is 1. The average molecular weight is 302 g/mol. The van der Waals surface area contributed by atoms with Gasteiger partial charge in [-0.1, -0.05) is 23.5 Å². The third-order valence-electron chi connectivity index (χ3n) is 2.91. The fraction of sp³-hybridized carbons (Fsp3) is 0.308. The summed E-state index contributed by atoms with van der Waals surface area (Å²) in [7, 11) is 0. The van der Waals surface area contributed by atoms with Crippen LogP contribution in [-0.2, 0) is 12.7 Å². The summed E-state index contributed by atoms with van der Waals surface area (Å²) in [5.41, 5.74) is 0.866. The molecule has 0 amide bonds. The molecular weight excluding hydrogens is 289 g/mol. The zero-order chi connectivity index (χ0) is 14.8. The number of nitrogens with one attached hydrogen (secondary N) is 2. The summed E-state index contributed by atoms with van der Waals surface area (Å²) in [6.45, 7) is 2.31. The lowest BCUT2D eigenvalue weighted by atomic mass is 10.1. The Morgan fingerprint density at radius 2 is 1.95 bits per heavy atom. The van der Waals surface area contributed by atoms with Gasteiger partial charge in [-0.25, -0.2) is 0 Å². The number of rotatable bonds is 4. The summed E-state index contributed by atoms with van der Waals surface area (Å²) in [6, 6.07) is 4.94. The van der Waals surface area contributed by atoms with Crippen molar-refractivity contribution in [2.24, 2.45) is 0 Å². The maximum absolute atomic E-state index is 12.4. The fourth-order valence-corrected chi connectivity index (χ4v) is 2.32. The summed E-state index contributed by atoms with van der Waals surface area (Å²) in [6.07, 6.45) is -4.31. The SMILES string of the molecule is CC(NCc1csc(=O)[nH]1)c1ccc(C(F)(F)F)cc1. The molecule has 3 nitrogen and oxygen atoms in total. The minimum atomic E-state index is -4.31. The Bertz CT molecular complexity index is 616. The summed E-state index contributed by atoms with van der Waals surface area (Å²) in [4.78, 5) is 13.5. The second kappa shape index (κ2) is 5.80. The Hall–Kier alpha value is -1.60. The number of H-pyrrole nitrogens is 1. The molecule has 7 heteroatoms. The smallest absolute Gasteiger partial charge is 0.315 e. The van der Waals surface area contributed by atoms with Crippen molar-refractivity contribution in [1.82, 2.24) is 10.3 Å². The Labute approximate surface area is 117 Å². The first-order valence-electron chi connectivity index (χ1n) is 5.93. The predicted octanol–water partition coefficient (Wildman–Crippen LogP) is 3.31. The minimum Gasteiger partial charge on any atom is -0.315 e. The van der Waals surface area contributed by atoms with E-state index in [9.17, 15) is 18.0 Å². The molecule has 0 aliphatic rings. The quantitative estimate of drug-likeness (QED) is 0.910. The van der Waals surface area contributed by atoms with Gasteiger partial charge in [0, 0.05) is 23.7 Å². The van der Waals surface area contributed by atoms with Crippen molar-refractivity contribution in [3.8, 4) is 0 Å². The topological polar surface area (TPSA) is 44.9 Å². The van der Waals surface area contributed by atoms with Crippen LogP contribution in [0, 0.1) is 0 Å². The van der Waals surface area contributed by atoms with Gasteiger partial charge in [0.25, 0.3) is 0 Å². The molecule has 0 saturated carbocycles. The second-order valence-electron chi connectivity index (χ2n) is 4.40. The van der Waals surface area contributed by atoms with Crippen molar-refractivity contribution in [2.75, 3.05) is 0 Å². The molecule has 0 aliphatic heterocycles. The maximum atomic E-state index is 12.4. The van der Waals surface area contributed by atoms with Gasteiger partial charge in [0.1, 0.15) is 0 Å². The van der Waals surface area contributed by atoms with Crippen molar-refractivity contribution in [3.05, 3.63) is 56.1 Å². The second-order valence-corrected chi connectivity index (χ2v) is 5.24. The van der Waals surface area contributed by atoms with E-state index in [0.29, 0.717) is 6.54 Å². The molecule has 0 radical (unpaired) electrons. The van der Waals surface area contributed by atoms with Gasteiger partial charge in [0.05, 0.1) is 5.56 Å². The van der Waals surface area contributed by atoms with Crippen LogP contribution in [0.3, 0.4) is 0 Å². The van der Waals surface area contributed by atoms with E-state index < -0.39 is 11.7 Å². The third kappa shape index (κ3) is 3.71. The molecule has 1 unspecified atom stereocenters. The lowest BCUT2D eigenvalue weighted by Crippen LogP contribution is -2.19. The molecule has 1 aromatic heterocycles. The molecule has 108 valence electrons. The van der Waals surface area contributed by atoms with Crippen molar-refractivity contribution >= 4 is 11.3 Å². The monoisotopic (exact) mass is 302 g/mol. The van der Waals surface area contributed by atoms with Crippen LogP contribution in [-0.4, -0.2) is 4.98 Å². The van der Waals surface area contributed by atoms with Crippen LogP contribution in [0.4, 0.5) is 13.2 Å². The van der Waals surface area contributed by atoms with E-state index in [1.165, 1.54) is 12.1 Å². The molecule has 20 heavy (non-hydrogen) atoms. The van der Waals surface area contributed by atoms with E-state index in [4.69, 9.17) is 0 Å². The van der Waals surface area contributed by atoms with Crippen molar-refractivity contribution in [1.29, 1.82) is 0 Å². The average Bonchev–Trinajstić information content (AvgIpc) is 2.81. The lowest BCUT2D eigenvalue weighted by molar-refractivity contribution is -0.137. The Morgan fingerprint density at radius 3 is 2.45 bits per heavy atom. The van der Waals surface area contributed by atoms with E-state index in [0.717, 1.165) is 34.7 Å². The molecule has 1 atom stereocenters. The molecular formula is C13H13F3N2OS. The molecule has 2 N–H and O–H groups in total. The van der Waals surface area contributed by atoms with E-state index in [2.05, 4.69) is 10.3 Å². The predicted molar refractivity (Wildman–Crippen MR) is 71.6 cm³/mol. The number of aromatic amines is 1. The summed E-state index contributed by atoms with van der Waals surface area (Å²) >= 11 is 1.08. The summed E-state index contributed by atoms with van der Waals surface area (Å²) in [5.74, 6) is 0. The number of halogens is 3. The van der Waals surface area contributed by atoms with Crippen LogP contribution in [0.5, 0.6) is 0 Å². The summed E-state index contributed by atoms with van der Waals surface area (Å²) in [5, 5.41) is 4.86. The summed E-state index contributed by atoms with van der Waals surface area (Å²) < 4.78 is 37.3. The van der Waals surface area contributed by atoms with Crippen LogP contribution in [0.1, 0.15) is 29.8 Å². The molecule has 0 fully saturated rings. The first-order chi connectivity index (χ1) is 9.36. The van der Waals surface area contributed by atoms with E-state index in [1.54, 1.807) is 5.38 Å². The largest absolute Gasteiger partial charge is 0.416 e. The van der Waals surface area contributed by atoms with Gasteiger partial charge < -0.3 is 10.3 Å². The number of benzene rings is 1. The van der Waals surface area contributed by atoms with Gasteiger partial charge >= 0.3 is 11.0 Å². The molecule has 2 aromatic rings. The number of hydrogen-bond donors (Lipinski definition) is 2. The molecule has 0 spiro atoms. The molecule has 1 aromatic carbocycles. The van der Waals surface area contributed by atoms with E-state index in [1.807, 2.05) is 6.92 Å². The zero-order valence-corrected chi connectivity index (χ0v) is 11.4. The Morgan fingerprint density at radius 1 is 1.30 bits per heavy atom. The number of thiazole rings is 1. The number of hydrogen-bond acceptors (Lipinski definition) is 3. The molecule has 0 aliphatic carbocycles. The van der Waals surface area contributed by atoms with Crippen molar-refractivity contribution in [2.45, 2.75) is 25.7 Å². The third-order valence-corrected chi connectivity index (χ3v) is 3.63. The van der Waals surface area contributed by atoms with Gasteiger partial charge in [-0.05, 0) is 24.6 Å². The molecule has 1 heterocycles. The van der Waals surface area contributed by atoms with Gasteiger partial charge in [0.2, 0.25) is 0 Å². The molecule has 0 saturated heterocycles. The van der Waals surface area contributed by atoms with Crippen LogP contribution in [0.15, 0.2) is 34.4 Å². The van der Waals surface area contributed by atoms with Gasteiger partial charge in [-0.2, -0.15) is 13.2 Å². The highest BCUT2D eigenvalue weighted by Crippen LogP contribution is 2.29.